The summed E-state index contributed by atoms with van der Waals surface area (Å²) in [5.41, 5.74) is 1.80. The highest BCUT2D eigenvalue weighted by atomic mass is 32.2. The van der Waals surface area contributed by atoms with Crippen molar-refractivity contribution in [2.45, 2.75) is 24.7 Å². The SMILES string of the molecule is Cc1nc(-c2ccc(C(=O)N3CCC(C(=O)Nc4ccc(S(N)(=O)=O)cc4)CC3)cc2)no1. The van der Waals surface area contributed by atoms with E-state index in [1.165, 1.54) is 24.3 Å². The monoisotopic (exact) mass is 469 g/mol. The number of sulfonamides is 1. The first-order chi connectivity index (χ1) is 15.7. The highest BCUT2D eigenvalue weighted by Gasteiger charge is 2.28. The quantitative estimate of drug-likeness (QED) is 0.582. The van der Waals surface area contributed by atoms with Gasteiger partial charge in [0.05, 0.1) is 4.90 Å². The molecule has 2 heterocycles. The normalized spacial score (nSPS) is 14.8. The minimum atomic E-state index is -3.78. The molecule has 3 N–H and O–H groups in total. The molecule has 33 heavy (non-hydrogen) atoms. The van der Waals surface area contributed by atoms with Crippen LogP contribution in [0.4, 0.5) is 5.69 Å². The van der Waals surface area contributed by atoms with Crippen molar-refractivity contribution in [3.63, 3.8) is 0 Å². The van der Waals surface area contributed by atoms with Gasteiger partial charge in [-0.1, -0.05) is 17.3 Å². The molecule has 0 spiro atoms. The smallest absolute Gasteiger partial charge is 0.253 e. The van der Waals surface area contributed by atoms with Crippen LogP contribution >= 0.6 is 0 Å². The van der Waals surface area contributed by atoms with Crippen LogP contribution in [0.5, 0.6) is 0 Å². The molecule has 0 bridgehead atoms. The Morgan fingerprint density at radius 3 is 2.24 bits per heavy atom. The third-order valence-corrected chi connectivity index (χ3v) is 6.45. The Bertz CT molecular complexity index is 1260. The topological polar surface area (TPSA) is 148 Å². The van der Waals surface area contributed by atoms with Crippen molar-refractivity contribution in [3.05, 3.63) is 60.0 Å². The molecule has 0 unspecified atom stereocenters. The van der Waals surface area contributed by atoms with E-state index in [4.69, 9.17) is 9.66 Å². The summed E-state index contributed by atoms with van der Waals surface area (Å²) >= 11 is 0. The molecule has 4 rings (SSSR count). The van der Waals surface area contributed by atoms with Gasteiger partial charge >= 0.3 is 0 Å². The van der Waals surface area contributed by atoms with Gasteiger partial charge in [0.25, 0.3) is 5.91 Å². The van der Waals surface area contributed by atoms with Gasteiger partial charge in [0.1, 0.15) is 0 Å². The molecule has 1 aromatic heterocycles. The number of nitrogens with one attached hydrogen (secondary N) is 1. The molecule has 10 nitrogen and oxygen atoms in total. The van der Waals surface area contributed by atoms with Crippen LogP contribution in [0.25, 0.3) is 11.4 Å². The van der Waals surface area contributed by atoms with E-state index in [0.29, 0.717) is 48.9 Å². The molecule has 3 aromatic rings. The maximum atomic E-state index is 12.8. The second-order valence-electron chi connectivity index (χ2n) is 7.84. The molecule has 172 valence electrons. The molecule has 1 saturated heterocycles. The Kier molecular flexibility index (Phi) is 6.25. The highest BCUT2D eigenvalue weighted by Crippen LogP contribution is 2.23. The van der Waals surface area contributed by atoms with Gasteiger partial charge in [-0.3, -0.25) is 9.59 Å². The summed E-state index contributed by atoms with van der Waals surface area (Å²) in [6.07, 6.45) is 1.07. The van der Waals surface area contributed by atoms with Gasteiger partial charge in [0.2, 0.25) is 27.6 Å². The Labute approximate surface area is 190 Å². The van der Waals surface area contributed by atoms with Crippen LogP contribution in [0, 0.1) is 12.8 Å². The summed E-state index contributed by atoms with van der Waals surface area (Å²) in [5, 5.41) is 11.7. The fourth-order valence-corrected chi connectivity index (χ4v) is 4.19. The van der Waals surface area contributed by atoms with Gasteiger partial charge in [0, 0.05) is 42.7 Å². The summed E-state index contributed by atoms with van der Waals surface area (Å²) in [7, 11) is -3.78. The lowest BCUT2D eigenvalue weighted by atomic mass is 9.95. The average molecular weight is 470 g/mol. The zero-order valence-electron chi connectivity index (χ0n) is 17.9. The minimum Gasteiger partial charge on any atom is -0.339 e. The Balaban J connectivity index is 1.31. The maximum Gasteiger partial charge on any atom is 0.253 e. The summed E-state index contributed by atoms with van der Waals surface area (Å²) in [6.45, 7) is 2.64. The fourth-order valence-electron chi connectivity index (χ4n) is 3.68. The number of anilines is 1. The van der Waals surface area contributed by atoms with Crippen molar-refractivity contribution in [1.82, 2.24) is 15.0 Å². The van der Waals surface area contributed by atoms with Crippen LogP contribution in [0.15, 0.2) is 57.9 Å². The number of benzene rings is 2. The molecule has 0 atom stereocenters. The number of carbonyl (C=O) groups is 2. The number of piperidine rings is 1. The lowest BCUT2D eigenvalue weighted by Crippen LogP contribution is -2.41. The van der Waals surface area contributed by atoms with E-state index in [9.17, 15) is 18.0 Å². The molecular weight excluding hydrogens is 446 g/mol. The third kappa shape index (κ3) is 5.26. The number of rotatable bonds is 5. The van der Waals surface area contributed by atoms with E-state index >= 15 is 0 Å². The number of nitrogens with zero attached hydrogens (tertiary/aromatic N) is 3. The van der Waals surface area contributed by atoms with Crippen LogP contribution < -0.4 is 10.5 Å². The zero-order valence-corrected chi connectivity index (χ0v) is 18.7. The molecule has 0 aliphatic carbocycles. The molecular formula is C22H23N5O5S. The van der Waals surface area contributed by atoms with Crippen LogP contribution in [0.2, 0.25) is 0 Å². The van der Waals surface area contributed by atoms with Gasteiger partial charge in [-0.05, 0) is 49.2 Å². The first-order valence-corrected chi connectivity index (χ1v) is 11.9. The van der Waals surface area contributed by atoms with Crippen molar-refractivity contribution in [2.75, 3.05) is 18.4 Å². The number of hydrogen-bond donors (Lipinski definition) is 2. The van der Waals surface area contributed by atoms with Gasteiger partial charge in [-0.2, -0.15) is 4.98 Å². The zero-order chi connectivity index (χ0) is 23.6. The van der Waals surface area contributed by atoms with E-state index in [2.05, 4.69) is 15.5 Å². The highest BCUT2D eigenvalue weighted by molar-refractivity contribution is 7.89. The Hall–Kier alpha value is -3.57. The predicted molar refractivity (Wildman–Crippen MR) is 120 cm³/mol. The van der Waals surface area contributed by atoms with Gasteiger partial charge in [-0.25, -0.2) is 13.6 Å². The van der Waals surface area contributed by atoms with E-state index in [1.54, 1.807) is 36.1 Å². The van der Waals surface area contributed by atoms with Crippen molar-refractivity contribution >= 4 is 27.5 Å². The summed E-state index contributed by atoms with van der Waals surface area (Å²) < 4.78 is 27.6. The maximum absolute atomic E-state index is 12.8. The molecule has 2 aromatic carbocycles. The molecule has 11 heteroatoms. The van der Waals surface area contributed by atoms with Crippen LogP contribution in [0.3, 0.4) is 0 Å². The lowest BCUT2D eigenvalue weighted by molar-refractivity contribution is -0.121. The minimum absolute atomic E-state index is 0.0206. The van der Waals surface area contributed by atoms with Crippen molar-refractivity contribution in [2.24, 2.45) is 11.1 Å². The molecule has 1 aliphatic rings. The lowest BCUT2D eigenvalue weighted by Gasteiger charge is -2.31. The van der Waals surface area contributed by atoms with E-state index in [1.807, 2.05) is 0 Å². The summed E-state index contributed by atoms with van der Waals surface area (Å²) in [6, 6.07) is 12.7. The largest absolute Gasteiger partial charge is 0.339 e. The number of carbonyl (C=O) groups excluding carboxylic acids is 2. The molecule has 0 radical (unpaired) electrons. The molecule has 0 saturated carbocycles. The first-order valence-electron chi connectivity index (χ1n) is 10.3. The fraction of sp³-hybridized carbons (Fsp3) is 0.273. The number of primary sulfonamides is 1. The number of aromatic nitrogens is 2. The van der Waals surface area contributed by atoms with Gasteiger partial charge in [-0.15, -0.1) is 0 Å². The second-order valence-corrected chi connectivity index (χ2v) is 9.40. The first kappa shape index (κ1) is 22.6. The van der Waals surface area contributed by atoms with Crippen LogP contribution in [-0.2, 0) is 14.8 Å². The Morgan fingerprint density at radius 2 is 1.70 bits per heavy atom. The van der Waals surface area contributed by atoms with Crippen molar-refractivity contribution in [3.8, 4) is 11.4 Å². The average Bonchev–Trinajstić information content (AvgIpc) is 3.25. The standard InChI is InChI=1S/C22H23N5O5S/c1-14-24-20(26-32-14)15-2-4-17(5-3-15)22(29)27-12-10-16(11-13-27)21(28)25-18-6-8-19(9-7-18)33(23,30)31/h2-9,16H,10-13H2,1H3,(H,25,28)(H2,23,30,31). The second kappa shape index (κ2) is 9.12. The van der Waals surface area contributed by atoms with Crippen molar-refractivity contribution < 1.29 is 22.5 Å². The molecule has 1 aliphatic heterocycles. The number of hydrogen-bond acceptors (Lipinski definition) is 7. The Morgan fingerprint density at radius 1 is 1.06 bits per heavy atom. The van der Waals surface area contributed by atoms with Crippen molar-refractivity contribution in [1.29, 1.82) is 0 Å². The number of likely N-dealkylation sites (tertiary alicyclic amines) is 1. The third-order valence-electron chi connectivity index (χ3n) is 5.52. The summed E-state index contributed by atoms with van der Waals surface area (Å²) in [4.78, 5) is 31.3. The number of amides is 2. The molecule has 2 amide bonds. The van der Waals surface area contributed by atoms with E-state index in [0.717, 1.165) is 5.56 Å². The number of aryl methyl sites for hydroxylation is 1. The summed E-state index contributed by atoms with van der Waals surface area (Å²) in [5.74, 6) is 0.444. The van der Waals surface area contributed by atoms with Crippen LogP contribution in [-0.4, -0.2) is 48.4 Å². The predicted octanol–water partition coefficient (Wildman–Crippen LogP) is 2.18. The number of nitrogens with two attached hydrogens (primary N) is 1. The van der Waals surface area contributed by atoms with Crippen LogP contribution in [0.1, 0.15) is 29.1 Å². The molecule has 1 fully saturated rings. The van der Waals surface area contributed by atoms with E-state index in [-0.39, 0.29) is 22.6 Å². The van der Waals surface area contributed by atoms with Gasteiger partial charge < -0.3 is 14.7 Å². The van der Waals surface area contributed by atoms with Gasteiger partial charge in [0.15, 0.2) is 0 Å². The van der Waals surface area contributed by atoms with E-state index < -0.39 is 10.0 Å².